The molecule has 14 heavy (non-hydrogen) atoms. The summed E-state index contributed by atoms with van der Waals surface area (Å²) >= 11 is 8.25. The number of thioether (sulfide) groups is 3. The van der Waals surface area contributed by atoms with Crippen LogP contribution < -0.4 is 4.06 Å². The molecule has 0 radical (unpaired) electrons. The van der Waals surface area contributed by atoms with E-state index in [0.29, 0.717) is 10.0 Å². The largest absolute Gasteiger partial charge is 0.365 e. The SMILES string of the molecule is O=c1sc2c(s1)SC(C1OCCS1)S2. The smallest absolute Gasteiger partial charge is 0.289 e. The lowest BCUT2D eigenvalue weighted by molar-refractivity contribution is 0.154. The van der Waals surface area contributed by atoms with Crippen molar-refractivity contribution < 1.29 is 4.74 Å². The molecule has 0 bridgehead atoms. The topological polar surface area (TPSA) is 26.3 Å². The Labute approximate surface area is 102 Å². The Morgan fingerprint density at radius 1 is 1.21 bits per heavy atom. The highest BCUT2D eigenvalue weighted by Crippen LogP contribution is 2.54. The van der Waals surface area contributed by atoms with Gasteiger partial charge < -0.3 is 4.74 Å². The Morgan fingerprint density at radius 2 is 1.93 bits per heavy atom. The van der Waals surface area contributed by atoms with E-state index in [4.69, 9.17) is 4.74 Å². The molecule has 3 heterocycles. The molecule has 7 heteroatoms. The van der Waals surface area contributed by atoms with Gasteiger partial charge in [0.1, 0.15) is 5.44 Å². The summed E-state index contributed by atoms with van der Waals surface area (Å²) in [5.41, 5.74) is 0.312. The third-order valence-corrected chi connectivity index (χ3v) is 8.90. The summed E-state index contributed by atoms with van der Waals surface area (Å²) in [5, 5.41) is 0. The molecule has 0 spiro atoms. The molecule has 0 aliphatic carbocycles. The molecule has 76 valence electrons. The minimum Gasteiger partial charge on any atom is -0.365 e. The molecule has 3 rings (SSSR count). The van der Waals surface area contributed by atoms with Crippen LogP contribution in [-0.4, -0.2) is 22.4 Å². The van der Waals surface area contributed by atoms with Gasteiger partial charge in [-0.1, -0.05) is 46.2 Å². The van der Waals surface area contributed by atoms with E-state index in [0.717, 1.165) is 12.4 Å². The molecule has 1 atom stereocenters. The second-order valence-corrected chi connectivity index (χ2v) is 9.29. The number of rotatable bonds is 1. The van der Waals surface area contributed by atoms with Gasteiger partial charge in [-0.15, -0.1) is 11.8 Å². The van der Waals surface area contributed by atoms with E-state index >= 15 is 0 Å². The number of ether oxygens (including phenoxy) is 1. The molecule has 1 aromatic heterocycles. The van der Waals surface area contributed by atoms with Crippen LogP contribution in [0.1, 0.15) is 0 Å². The summed E-state index contributed by atoms with van der Waals surface area (Å²) in [6.07, 6.45) is 0. The van der Waals surface area contributed by atoms with Gasteiger partial charge in [0.05, 0.1) is 19.6 Å². The van der Waals surface area contributed by atoms with Crippen LogP contribution in [0.2, 0.25) is 0 Å². The molecule has 1 unspecified atom stereocenters. The summed E-state index contributed by atoms with van der Waals surface area (Å²) < 4.78 is 8.70. The fourth-order valence-corrected chi connectivity index (χ4v) is 8.98. The minimum absolute atomic E-state index is 0.216. The van der Waals surface area contributed by atoms with Crippen molar-refractivity contribution in [2.45, 2.75) is 18.4 Å². The maximum absolute atomic E-state index is 11.1. The van der Waals surface area contributed by atoms with Crippen LogP contribution in [0.4, 0.5) is 0 Å². The molecule has 1 saturated heterocycles. The second-order valence-electron chi connectivity index (χ2n) is 2.74. The summed E-state index contributed by atoms with van der Waals surface area (Å²) in [5.74, 6) is 1.10. The van der Waals surface area contributed by atoms with Gasteiger partial charge >= 0.3 is 0 Å². The Hall–Kier alpha value is 0.860. The summed E-state index contributed by atoms with van der Waals surface area (Å²) in [6, 6.07) is 0. The van der Waals surface area contributed by atoms with Crippen LogP contribution in [-0.2, 0) is 4.74 Å². The summed E-state index contributed by atoms with van der Waals surface area (Å²) in [6.45, 7) is 0.872. The third kappa shape index (κ3) is 1.78. The van der Waals surface area contributed by atoms with Crippen molar-refractivity contribution in [1.82, 2.24) is 0 Å². The monoisotopic (exact) mass is 282 g/mol. The van der Waals surface area contributed by atoms with Crippen molar-refractivity contribution in [3.63, 3.8) is 0 Å². The van der Waals surface area contributed by atoms with Crippen molar-refractivity contribution in [3.8, 4) is 0 Å². The van der Waals surface area contributed by atoms with E-state index in [1.807, 2.05) is 11.8 Å². The quantitative estimate of drug-likeness (QED) is 0.789. The second kappa shape index (κ2) is 4.03. The predicted octanol–water partition coefficient (Wildman–Crippen LogP) is 2.78. The number of hydrogen-bond donors (Lipinski definition) is 0. The van der Waals surface area contributed by atoms with Crippen molar-refractivity contribution in [1.29, 1.82) is 0 Å². The van der Waals surface area contributed by atoms with Gasteiger partial charge in [0.25, 0.3) is 4.06 Å². The lowest BCUT2D eigenvalue weighted by atomic mass is 10.8. The van der Waals surface area contributed by atoms with Gasteiger partial charge in [-0.3, -0.25) is 4.79 Å². The minimum atomic E-state index is 0.216. The zero-order valence-corrected chi connectivity index (χ0v) is 11.0. The first-order valence-corrected chi connectivity index (χ1v) is 8.47. The lowest BCUT2D eigenvalue weighted by Crippen LogP contribution is -2.13. The van der Waals surface area contributed by atoms with Gasteiger partial charge in [0, 0.05) is 5.75 Å². The van der Waals surface area contributed by atoms with Crippen LogP contribution in [0.25, 0.3) is 0 Å². The highest BCUT2D eigenvalue weighted by molar-refractivity contribution is 8.22. The van der Waals surface area contributed by atoms with Gasteiger partial charge in [0.2, 0.25) is 0 Å². The van der Waals surface area contributed by atoms with Crippen molar-refractivity contribution >= 4 is 58.0 Å². The zero-order valence-electron chi connectivity index (χ0n) is 6.93. The average molecular weight is 282 g/mol. The molecule has 0 aromatic carbocycles. The Morgan fingerprint density at radius 3 is 2.50 bits per heavy atom. The molecule has 1 fully saturated rings. The van der Waals surface area contributed by atoms with E-state index < -0.39 is 0 Å². The predicted molar refractivity (Wildman–Crippen MR) is 66.2 cm³/mol. The molecule has 2 aliphatic rings. The van der Waals surface area contributed by atoms with E-state index in [-0.39, 0.29) is 4.06 Å². The van der Waals surface area contributed by atoms with Crippen molar-refractivity contribution in [3.05, 3.63) is 8.85 Å². The van der Waals surface area contributed by atoms with Crippen LogP contribution in [0.5, 0.6) is 0 Å². The molecular weight excluding hydrogens is 276 g/mol. The van der Waals surface area contributed by atoms with Crippen LogP contribution in [0.15, 0.2) is 13.2 Å². The summed E-state index contributed by atoms with van der Waals surface area (Å²) in [7, 11) is 0. The van der Waals surface area contributed by atoms with Crippen LogP contribution in [0.3, 0.4) is 0 Å². The van der Waals surface area contributed by atoms with Crippen molar-refractivity contribution in [2.24, 2.45) is 0 Å². The highest BCUT2D eigenvalue weighted by atomic mass is 32.2. The third-order valence-electron chi connectivity index (χ3n) is 1.83. The fourth-order valence-electron chi connectivity index (χ4n) is 1.28. The molecule has 0 N–H and O–H groups in total. The standard InChI is InChI=1S/C7H6O2S5/c8-7-13-5-6(14-7)12-4(11-5)3-9-1-2-10-3/h3-4H,1-2H2. The van der Waals surface area contributed by atoms with Crippen molar-refractivity contribution in [2.75, 3.05) is 12.4 Å². The number of fused-ring (bicyclic) bond motifs is 1. The maximum Gasteiger partial charge on any atom is 0.289 e. The van der Waals surface area contributed by atoms with Crippen LogP contribution in [0, 0.1) is 0 Å². The Kier molecular flexibility index (Phi) is 2.89. The molecular formula is C7H6O2S5. The van der Waals surface area contributed by atoms with E-state index in [1.54, 1.807) is 23.5 Å². The molecule has 0 saturated carbocycles. The lowest BCUT2D eigenvalue weighted by Gasteiger charge is -2.13. The normalized spacial score (nSPS) is 27.0. The highest BCUT2D eigenvalue weighted by Gasteiger charge is 2.35. The molecule has 0 amide bonds. The maximum atomic E-state index is 11.1. The van der Waals surface area contributed by atoms with E-state index in [9.17, 15) is 4.79 Å². The average Bonchev–Trinajstić information content (AvgIpc) is 2.74. The molecule has 1 aromatic rings. The van der Waals surface area contributed by atoms with Gasteiger partial charge in [-0.2, -0.15) is 0 Å². The summed E-state index contributed by atoms with van der Waals surface area (Å²) in [4.78, 5) is 11.1. The van der Waals surface area contributed by atoms with Gasteiger partial charge in [-0.05, 0) is 0 Å². The molecule has 2 nitrogen and oxygen atoms in total. The van der Waals surface area contributed by atoms with Gasteiger partial charge in [0.15, 0.2) is 0 Å². The Balaban J connectivity index is 1.78. The number of hydrogen-bond acceptors (Lipinski definition) is 7. The van der Waals surface area contributed by atoms with Gasteiger partial charge in [-0.25, -0.2) is 0 Å². The fraction of sp³-hybridized carbons (Fsp3) is 0.571. The zero-order chi connectivity index (χ0) is 9.54. The van der Waals surface area contributed by atoms with E-state index in [1.165, 1.54) is 31.1 Å². The molecule has 2 aliphatic heterocycles. The van der Waals surface area contributed by atoms with Crippen LogP contribution >= 0.6 is 58.0 Å². The Bertz CT molecular complexity index is 365. The first kappa shape index (κ1) is 10.0. The first-order chi connectivity index (χ1) is 6.83. The first-order valence-electron chi connectivity index (χ1n) is 4.03. The van der Waals surface area contributed by atoms with E-state index in [2.05, 4.69) is 0 Å².